The van der Waals surface area contributed by atoms with Gasteiger partial charge in [0.1, 0.15) is 0 Å². The molecular weight excluding hydrogens is 331 g/mol. The minimum absolute atomic E-state index is 0.109. The molecule has 0 unspecified atom stereocenters. The zero-order valence-corrected chi connectivity index (χ0v) is 11.7. The first kappa shape index (κ1) is 15.6. The van der Waals surface area contributed by atoms with Crippen molar-refractivity contribution in [3.05, 3.63) is 47.7 Å². The Labute approximate surface area is 123 Å². The molecule has 21 heavy (non-hydrogen) atoms. The van der Waals surface area contributed by atoms with Gasteiger partial charge < -0.3 is 4.18 Å². The van der Waals surface area contributed by atoms with Gasteiger partial charge in [-0.3, -0.25) is 4.98 Å². The van der Waals surface area contributed by atoms with Crippen molar-refractivity contribution in [1.82, 2.24) is 4.98 Å². The molecule has 0 spiro atoms. The van der Waals surface area contributed by atoms with E-state index in [2.05, 4.69) is 9.17 Å². The second kappa shape index (κ2) is 5.53. The number of halogens is 4. The average molecular weight is 338 g/mol. The lowest BCUT2D eigenvalue weighted by Gasteiger charge is -2.14. The minimum atomic E-state index is -5.80. The minimum Gasteiger partial charge on any atom is -0.374 e. The standard InChI is InChI=1S/C12H7ClF3NO3S/c13-10-3-1-2-9(8-4-6-17-7-5-8)11(10)20-21(18,19)12(14,15)16/h1-7H. The maximum absolute atomic E-state index is 12.4. The van der Waals surface area contributed by atoms with Gasteiger partial charge in [0.15, 0.2) is 5.75 Å². The van der Waals surface area contributed by atoms with Crippen LogP contribution in [0.5, 0.6) is 5.75 Å². The van der Waals surface area contributed by atoms with Crippen LogP contribution in [-0.2, 0) is 10.1 Å². The van der Waals surface area contributed by atoms with Crippen molar-refractivity contribution < 1.29 is 25.8 Å². The number of pyridine rings is 1. The second-order valence-electron chi connectivity index (χ2n) is 3.84. The summed E-state index contributed by atoms with van der Waals surface area (Å²) in [6.45, 7) is 0. The van der Waals surface area contributed by atoms with Crippen molar-refractivity contribution in [2.24, 2.45) is 0 Å². The molecule has 0 aliphatic carbocycles. The molecule has 1 aromatic heterocycles. The van der Waals surface area contributed by atoms with Crippen LogP contribution in [0.15, 0.2) is 42.7 Å². The van der Waals surface area contributed by atoms with E-state index in [9.17, 15) is 21.6 Å². The van der Waals surface area contributed by atoms with Gasteiger partial charge in [-0.05, 0) is 23.8 Å². The zero-order valence-electron chi connectivity index (χ0n) is 10.1. The maximum Gasteiger partial charge on any atom is 0.534 e. The average Bonchev–Trinajstić information content (AvgIpc) is 2.40. The number of hydrogen-bond acceptors (Lipinski definition) is 4. The lowest BCUT2D eigenvalue weighted by molar-refractivity contribution is -0.0499. The van der Waals surface area contributed by atoms with Gasteiger partial charge in [0, 0.05) is 18.0 Å². The first-order valence-corrected chi connectivity index (χ1v) is 7.20. The van der Waals surface area contributed by atoms with Crippen molar-refractivity contribution in [3.8, 4) is 16.9 Å². The summed E-state index contributed by atoms with van der Waals surface area (Å²) in [5.41, 5.74) is -5.01. The van der Waals surface area contributed by atoms with Gasteiger partial charge >= 0.3 is 15.6 Å². The fourth-order valence-electron chi connectivity index (χ4n) is 1.51. The van der Waals surface area contributed by atoms with Gasteiger partial charge in [-0.1, -0.05) is 23.7 Å². The molecule has 0 radical (unpaired) electrons. The van der Waals surface area contributed by atoms with Crippen molar-refractivity contribution in [2.75, 3.05) is 0 Å². The number of rotatable bonds is 3. The Bertz CT molecular complexity index is 748. The van der Waals surface area contributed by atoms with E-state index < -0.39 is 21.4 Å². The molecular formula is C12H7ClF3NO3S. The first-order valence-electron chi connectivity index (χ1n) is 5.42. The molecule has 0 amide bonds. The molecule has 1 heterocycles. The Kier molecular flexibility index (Phi) is 4.11. The molecule has 0 atom stereocenters. The summed E-state index contributed by atoms with van der Waals surface area (Å²) in [6, 6.07) is 7.05. The Morgan fingerprint density at radius 2 is 1.71 bits per heavy atom. The van der Waals surface area contributed by atoms with E-state index in [1.54, 1.807) is 0 Å². The highest BCUT2D eigenvalue weighted by molar-refractivity contribution is 7.88. The molecule has 1 aromatic carbocycles. The molecule has 0 aliphatic rings. The van der Waals surface area contributed by atoms with Crippen LogP contribution in [0.4, 0.5) is 13.2 Å². The molecule has 0 N–H and O–H groups in total. The molecule has 4 nitrogen and oxygen atoms in total. The molecule has 0 saturated heterocycles. The molecule has 2 rings (SSSR count). The van der Waals surface area contributed by atoms with E-state index in [-0.39, 0.29) is 10.6 Å². The van der Waals surface area contributed by atoms with Crippen LogP contribution in [-0.4, -0.2) is 18.9 Å². The van der Waals surface area contributed by atoms with E-state index in [1.165, 1.54) is 42.7 Å². The van der Waals surface area contributed by atoms with Gasteiger partial charge in [0.05, 0.1) is 5.02 Å². The van der Waals surface area contributed by atoms with E-state index in [0.29, 0.717) is 5.56 Å². The van der Waals surface area contributed by atoms with Gasteiger partial charge in [0.25, 0.3) is 0 Å². The van der Waals surface area contributed by atoms with E-state index in [4.69, 9.17) is 11.6 Å². The highest BCUT2D eigenvalue weighted by Crippen LogP contribution is 2.39. The number of alkyl halides is 3. The maximum atomic E-state index is 12.4. The van der Waals surface area contributed by atoms with Crippen molar-refractivity contribution in [1.29, 1.82) is 0 Å². The molecule has 0 aliphatic heterocycles. The highest BCUT2D eigenvalue weighted by Gasteiger charge is 2.49. The molecule has 112 valence electrons. The molecule has 2 aromatic rings. The van der Waals surface area contributed by atoms with E-state index in [0.717, 1.165) is 0 Å². The Morgan fingerprint density at radius 3 is 2.29 bits per heavy atom. The normalized spacial score (nSPS) is 12.2. The first-order chi connectivity index (χ1) is 9.72. The number of benzene rings is 1. The summed E-state index contributed by atoms with van der Waals surface area (Å²) in [5.74, 6) is -0.581. The SMILES string of the molecule is O=S(=O)(Oc1c(Cl)cccc1-c1ccncc1)C(F)(F)F. The zero-order chi connectivity index (χ0) is 15.7. The van der Waals surface area contributed by atoms with E-state index >= 15 is 0 Å². The van der Waals surface area contributed by atoms with Gasteiger partial charge in [0.2, 0.25) is 0 Å². The number of hydrogen-bond donors (Lipinski definition) is 0. The summed E-state index contributed by atoms with van der Waals surface area (Å²) in [6.07, 6.45) is 2.80. The smallest absolute Gasteiger partial charge is 0.374 e. The summed E-state index contributed by atoms with van der Waals surface area (Å²) in [4.78, 5) is 3.76. The monoisotopic (exact) mass is 337 g/mol. The molecule has 9 heteroatoms. The third-order valence-corrected chi connectivity index (χ3v) is 3.69. The summed E-state index contributed by atoms with van der Waals surface area (Å²) < 4.78 is 63.7. The summed E-state index contributed by atoms with van der Waals surface area (Å²) >= 11 is 5.76. The van der Waals surface area contributed by atoms with Crippen LogP contribution in [0, 0.1) is 0 Å². The third-order valence-electron chi connectivity index (χ3n) is 2.43. The van der Waals surface area contributed by atoms with Gasteiger partial charge in [-0.25, -0.2) is 0 Å². The highest BCUT2D eigenvalue weighted by atomic mass is 35.5. The Hall–Kier alpha value is -1.80. The second-order valence-corrected chi connectivity index (χ2v) is 5.78. The predicted octanol–water partition coefficient (Wildman–Crippen LogP) is 3.63. The van der Waals surface area contributed by atoms with Crippen molar-refractivity contribution in [3.63, 3.8) is 0 Å². The van der Waals surface area contributed by atoms with Crippen molar-refractivity contribution >= 4 is 21.7 Å². The topological polar surface area (TPSA) is 56.3 Å². The van der Waals surface area contributed by atoms with Crippen LogP contribution in [0.25, 0.3) is 11.1 Å². The fraction of sp³-hybridized carbons (Fsp3) is 0.0833. The van der Waals surface area contributed by atoms with Crippen LogP contribution < -0.4 is 4.18 Å². The predicted molar refractivity (Wildman–Crippen MR) is 70.3 cm³/mol. The van der Waals surface area contributed by atoms with Crippen molar-refractivity contribution in [2.45, 2.75) is 5.51 Å². The number of nitrogens with zero attached hydrogens (tertiary/aromatic N) is 1. The van der Waals surface area contributed by atoms with Gasteiger partial charge in [-0.15, -0.1) is 0 Å². The quantitative estimate of drug-likeness (QED) is 0.634. The number of aromatic nitrogens is 1. The lowest BCUT2D eigenvalue weighted by Crippen LogP contribution is -2.28. The van der Waals surface area contributed by atoms with Crippen LogP contribution in [0.3, 0.4) is 0 Å². The number of para-hydroxylation sites is 1. The lowest BCUT2D eigenvalue weighted by atomic mass is 10.1. The van der Waals surface area contributed by atoms with Crippen LogP contribution in [0.2, 0.25) is 5.02 Å². The fourth-order valence-corrected chi connectivity index (χ4v) is 2.26. The van der Waals surface area contributed by atoms with E-state index in [1.807, 2.05) is 0 Å². The van der Waals surface area contributed by atoms with Gasteiger partial charge in [-0.2, -0.15) is 21.6 Å². The largest absolute Gasteiger partial charge is 0.534 e. The third kappa shape index (κ3) is 3.27. The Balaban J connectivity index is 2.55. The molecule has 0 bridgehead atoms. The van der Waals surface area contributed by atoms with Crippen LogP contribution in [0.1, 0.15) is 0 Å². The molecule has 0 saturated carbocycles. The Morgan fingerprint density at radius 1 is 1.10 bits per heavy atom. The molecule has 0 fully saturated rings. The summed E-state index contributed by atoms with van der Waals surface area (Å²) in [7, 11) is -5.80. The van der Waals surface area contributed by atoms with Crippen LogP contribution >= 0.6 is 11.6 Å². The summed E-state index contributed by atoms with van der Waals surface area (Å²) in [5, 5.41) is -0.253.